The normalized spacial score (nSPS) is 14.9. The van der Waals surface area contributed by atoms with E-state index >= 15 is 0 Å². The van der Waals surface area contributed by atoms with Crippen molar-refractivity contribution >= 4 is 28.9 Å². The van der Waals surface area contributed by atoms with E-state index in [0.29, 0.717) is 24.3 Å². The molecule has 1 aromatic rings. The molecule has 1 amide bonds. The van der Waals surface area contributed by atoms with Crippen LogP contribution >= 0.6 is 11.6 Å². The summed E-state index contributed by atoms with van der Waals surface area (Å²) >= 11 is 5.57. The maximum atomic E-state index is 11.3. The number of hydrogen-bond donors (Lipinski definition) is 2. The molecule has 1 aliphatic heterocycles. The fourth-order valence-corrected chi connectivity index (χ4v) is 1.91. The van der Waals surface area contributed by atoms with Gasteiger partial charge in [0.2, 0.25) is 5.91 Å². The van der Waals surface area contributed by atoms with E-state index in [1.54, 1.807) is 6.07 Å². The van der Waals surface area contributed by atoms with E-state index in [2.05, 4.69) is 10.5 Å². The monoisotopic (exact) mass is 268 g/mol. The maximum Gasteiger partial charge on any atom is 0.224 e. The number of amides is 1. The molecule has 2 rings (SSSR count). The smallest absolute Gasteiger partial charge is 0.224 e. The van der Waals surface area contributed by atoms with Crippen LogP contribution in [-0.4, -0.2) is 29.3 Å². The van der Waals surface area contributed by atoms with Gasteiger partial charge in [-0.25, -0.2) is 0 Å². The molecule has 6 heteroatoms. The van der Waals surface area contributed by atoms with Gasteiger partial charge in [-0.05, 0) is 18.6 Å². The Morgan fingerprint density at radius 3 is 3.06 bits per heavy atom. The zero-order valence-electron chi connectivity index (χ0n) is 9.65. The number of alkyl halides is 1. The number of hydrogen-bond acceptors (Lipinski definition) is 4. The minimum Gasteiger partial charge on any atom is -0.487 e. The van der Waals surface area contributed by atoms with E-state index in [1.807, 2.05) is 12.1 Å². The van der Waals surface area contributed by atoms with Crippen LogP contribution in [0.3, 0.4) is 0 Å². The first-order valence-electron chi connectivity index (χ1n) is 5.55. The number of rotatable bonds is 4. The lowest BCUT2D eigenvalue weighted by atomic mass is 10.0. The molecule has 96 valence electrons. The summed E-state index contributed by atoms with van der Waals surface area (Å²) in [7, 11) is 0. The van der Waals surface area contributed by atoms with E-state index in [0.717, 1.165) is 11.3 Å². The van der Waals surface area contributed by atoms with Gasteiger partial charge in [0.05, 0.1) is 5.88 Å². The average Bonchev–Trinajstić information content (AvgIpc) is 2.39. The van der Waals surface area contributed by atoms with Gasteiger partial charge in [0.1, 0.15) is 18.1 Å². The van der Waals surface area contributed by atoms with Gasteiger partial charge in [-0.2, -0.15) is 0 Å². The van der Waals surface area contributed by atoms with Crippen molar-refractivity contribution in [1.29, 1.82) is 0 Å². The lowest BCUT2D eigenvalue weighted by molar-refractivity contribution is -0.116. The van der Waals surface area contributed by atoms with Crippen molar-refractivity contribution in [1.82, 2.24) is 0 Å². The minimum absolute atomic E-state index is 0.0121. The van der Waals surface area contributed by atoms with Crippen molar-refractivity contribution in [2.24, 2.45) is 5.16 Å². The summed E-state index contributed by atoms with van der Waals surface area (Å²) in [5.41, 5.74) is 2.09. The standard InChI is InChI=1S/C12H13ClN2O3/c13-6-8(15-17)7-18-11-3-1-2-10-9(11)4-5-12(16)14-10/h1-3,17H,4-7H2,(H,14,16). The topological polar surface area (TPSA) is 70.9 Å². The van der Waals surface area contributed by atoms with E-state index in [-0.39, 0.29) is 18.4 Å². The second kappa shape index (κ2) is 5.73. The zero-order valence-corrected chi connectivity index (χ0v) is 10.4. The van der Waals surface area contributed by atoms with Gasteiger partial charge in [-0.3, -0.25) is 4.79 Å². The number of carbonyl (C=O) groups excluding carboxylic acids is 1. The second-order valence-electron chi connectivity index (χ2n) is 3.92. The predicted octanol–water partition coefficient (Wildman–Crippen LogP) is 2.02. The summed E-state index contributed by atoms with van der Waals surface area (Å²) in [6.45, 7) is 0.129. The number of oxime groups is 1. The molecule has 2 N–H and O–H groups in total. The maximum absolute atomic E-state index is 11.3. The molecule has 0 unspecified atom stereocenters. The van der Waals surface area contributed by atoms with Gasteiger partial charge in [-0.15, -0.1) is 11.6 Å². The molecule has 0 radical (unpaired) electrons. The first kappa shape index (κ1) is 12.7. The summed E-state index contributed by atoms with van der Waals surface area (Å²) in [5, 5.41) is 14.5. The zero-order chi connectivity index (χ0) is 13.0. The number of halogens is 1. The number of ether oxygens (including phenoxy) is 1. The first-order chi connectivity index (χ1) is 8.74. The molecule has 0 spiro atoms. The quantitative estimate of drug-likeness (QED) is 0.380. The third-order valence-electron chi connectivity index (χ3n) is 2.70. The molecule has 0 saturated heterocycles. The Kier molecular flexibility index (Phi) is 4.04. The van der Waals surface area contributed by atoms with Crippen LogP contribution in [0.1, 0.15) is 12.0 Å². The number of fused-ring (bicyclic) bond motifs is 1. The highest BCUT2D eigenvalue weighted by Crippen LogP contribution is 2.30. The molecule has 0 aliphatic carbocycles. The SMILES string of the molecule is O=C1CCc2c(cccc2OCC(CCl)=NO)N1. The molecule has 1 aromatic carbocycles. The minimum atomic E-state index is 0.0121. The Hall–Kier alpha value is -1.75. The third kappa shape index (κ3) is 2.73. The van der Waals surface area contributed by atoms with Gasteiger partial charge in [0, 0.05) is 17.7 Å². The van der Waals surface area contributed by atoms with Gasteiger partial charge in [-0.1, -0.05) is 11.2 Å². The summed E-state index contributed by atoms with van der Waals surface area (Å²) in [6, 6.07) is 5.46. The van der Waals surface area contributed by atoms with E-state index in [9.17, 15) is 4.79 Å². The molecule has 0 atom stereocenters. The number of nitrogens with one attached hydrogen (secondary N) is 1. The Morgan fingerprint density at radius 1 is 1.50 bits per heavy atom. The lowest BCUT2D eigenvalue weighted by Gasteiger charge is -2.19. The van der Waals surface area contributed by atoms with Crippen molar-refractivity contribution in [2.45, 2.75) is 12.8 Å². The van der Waals surface area contributed by atoms with Crippen LogP contribution in [0.4, 0.5) is 5.69 Å². The summed E-state index contributed by atoms with van der Waals surface area (Å²) in [4.78, 5) is 11.3. The highest BCUT2D eigenvalue weighted by Gasteiger charge is 2.18. The van der Waals surface area contributed by atoms with Crippen molar-refractivity contribution < 1.29 is 14.7 Å². The Labute approximate surface area is 109 Å². The Bertz CT molecular complexity index is 488. The van der Waals surface area contributed by atoms with Gasteiger partial charge < -0.3 is 15.3 Å². The van der Waals surface area contributed by atoms with Crippen LogP contribution in [0.15, 0.2) is 23.4 Å². The fourth-order valence-electron chi connectivity index (χ4n) is 1.78. The van der Waals surface area contributed by atoms with E-state index < -0.39 is 0 Å². The van der Waals surface area contributed by atoms with Gasteiger partial charge >= 0.3 is 0 Å². The largest absolute Gasteiger partial charge is 0.487 e. The molecule has 0 aromatic heterocycles. The lowest BCUT2D eigenvalue weighted by Crippen LogP contribution is -2.20. The number of carbonyl (C=O) groups is 1. The second-order valence-corrected chi connectivity index (χ2v) is 4.19. The predicted molar refractivity (Wildman–Crippen MR) is 68.8 cm³/mol. The molecule has 1 aliphatic rings. The van der Waals surface area contributed by atoms with Gasteiger partial charge in [0.15, 0.2) is 0 Å². The number of benzene rings is 1. The van der Waals surface area contributed by atoms with Crippen molar-refractivity contribution in [3.8, 4) is 5.75 Å². The molecule has 0 bridgehead atoms. The summed E-state index contributed by atoms with van der Waals surface area (Å²) in [5.74, 6) is 0.805. The molecular weight excluding hydrogens is 256 g/mol. The Morgan fingerprint density at radius 2 is 2.33 bits per heavy atom. The van der Waals surface area contributed by atoms with Crippen LogP contribution in [0.25, 0.3) is 0 Å². The summed E-state index contributed by atoms with van der Waals surface area (Å²) < 4.78 is 5.56. The third-order valence-corrected chi connectivity index (χ3v) is 3.01. The van der Waals surface area contributed by atoms with Crippen LogP contribution in [0.5, 0.6) is 5.75 Å². The highest BCUT2D eigenvalue weighted by molar-refractivity contribution is 6.28. The van der Waals surface area contributed by atoms with Crippen molar-refractivity contribution in [2.75, 3.05) is 17.8 Å². The van der Waals surface area contributed by atoms with Crippen LogP contribution in [0, 0.1) is 0 Å². The Balaban J connectivity index is 2.14. The summed E-state index contributed by atoms with van der Waals surface area (Å²) in [6.07, 6.45) is 1.09. The van der Waals surface area contributed by atoms with E-state index in [1.165, 1.54) is 0 Å². The van der Waals surface area contributed by atoms with Crippen LogP contribution in [-0.2, 0) is 11.2 Å². The van der Waals surface area contributed by atoms with Crippen LogP contribution < -0.4 is 10.1 Å². The van der Waals surface area contributed by atoms with Crippen LogP contribution in [0.2, 0.25) is 0 Å². The van der Waals surface area contributed by atoms with Crippen molar-refractivity contribution in [3.63, 3.8) is 0 Å². The first-order valence-corrected chi connectivity index (χ1v) is 6.08. The fraction of sp³-hybridized carbons (Fsp3) is 0.333. The molecule has 5 nitrogen and oxygen atoms in total. The molecular formula is C12H13ClN2O3. The van der Waals surface area contributed by atoms with Gasteiger partial charge in [0.25, 0.3) is 0 Å². The molecule has 0 fully saturated rings. The molecule has 0 saturated carbocycles. The molecule has 18 heavy (non-hydrogen) atoms. The average molecular weight is 269 g/mol. The molecule has 1 heterocycles. The highest BCUT2D eigenvalue weighted by atomic mass is 35.5. The number of anilines is 1. The van der Waals surface area contributed by atoms with E-state index in [4.69, 9.17) is 21.5 Å². The van der Waals surface area contributed by atoms with Crippen molar-refractivity contribution in [3.05, 3.63) is 23.8 Å². The number of nitrogens with zero attached hydrogens (tertiary/aromatic N) is 1.